The van der Waals surface area contributed by atoms with E-state index in [4.69, 9.17) is 26.5 Å². The van der Waals surface area contributed by atoms with Crippen LogP contribution in [0.25, 0.3) is 10.4 Å². The van der Waals surface area contributed by atoms with Gasteiger partial charge in [0.2, 0.25) is 0 Å². The average molecular weight is 315 g/mol. The molecule has 0 aromatic carbocycles. The van der Waals surface area contributed by atoms with E-state index in [1.54, 1.807) is 41.5 Å². The molecule has 2 unspecified atom stereocenters. The van der Waals surface area contributed by atoms with Gasteiger partial charge in [0.1, 0.15) is 23.3 Å². The molecule has 0 saturated carbocycles. The Morgan fingerprint density at radius 3 is 1.50 bits per heavy atom. The third-order valence-corrected chi connectivity index (χ3v) is 2.28. The van der Waals surface area contributed by atoms with E-state index in [1.165, 1.54) is 0 Å². The van der Waals surface area contributed by atoms with Crippen molar-refractivity contribution in [2.45, 2.75) is 70.9 Å². The number of carbonyl (C=O) groups excluding carboxylic acids is 2. The molecular weight excluding hydrogens is 290 g/mol. The zero-order chi connectivity index (χ0) is 17.7. The molecule has 126 valence electrons. The summed E-state index contributed by atoms with van der Waals surface area (Å²) in [5.41, 5.74) is 18.5. The summed E-state index contributed by atoms with van der Waals surface area (Å²) in [6, 6.07) is -4.06. The molecule has 0 heterocycles. The second-order valence-electron chi connectivity index (χ2n) is 6.81. The van der Waals surface area contributed by atoms with E-state index in [1.807, 2.05) is 0 Å². The van der Waals surface area contributed by atoms with Gasteiger partial charge in [-0.2, -0.15) is 0 Å². The molecule has 0 bridgehead atoms. The number of azide groups is 1. The second kappa shape index (κ2) is 7.44. The van der Waals surface area contributed by atoms with Crippen LogP contribution in [0.1, 0.15) is 41.5 Å². The summed E-state index contributed by atoms with van der Waals surface area (Å²) in [7, 11) is 0. The molecule has 0 saturated heterocycles. The minimum Gasteiger partial charge on any atom is -0.459 e. The fourth-order valence-electron chi connectivity index (χ4n) is 1.45. The largest absolute Gasteiger partial charge is 0.459 e. The smallest absolute Gasteiger partial charge is 0.323 e. The van der Waals surface area contributed by atoms with Crippen molar-refractivity contribution in [2.24, 2.45) is 16.6 Å². The molecule has 0 aromatic heterocycles. The molecule has 22 heavy (non-hydrogen) atoms. The summed E-state index contributed by atoms with van der Waals surface area (Å²) in [4.78, 5) is 26.5. The Kier molecular flexibility index (Phi) is 6.82. The van der Waals surface area contributed by atoms with Crippen LogP contribution in [0.3, 0.4) is 0 Å². The van der Waals surface area contributed by atoms with Crippen molar-refractivity contribution in [1.82, 2.24) is 0 Å². The summed E-state index contributed by atoms with van der Waals surface area (Å²) < 4.78 is 10.2. The van der Waals surface area contributed by atoms with Crippen LogP contribution in [0.5, 0.6) is 0 Å². The van der Waals surface area contributed by atoms with Crippen LogP contribution in [0.15, 0.2) is 5.11 Å². The Hall–Kier alpha value is -1.83. The standard InChI is InChI=1S/C13H25N5O4/c1-12(2,3)21-10(19)7(14)9(17-18-16)8(15)11(20)22-13(4,5)6/h7-9H,14-15H2,1-6H3. The highest BCUT2D eigenvalue weighted by atomic mass is 16.6. The fourth-order valence-corrected chi connectivity index (χ4v) is 1.45. The molecular formula is C13H25N5O4. The van der Waals surface area contributed by atoms with Crippen LogP contribution < -0.4 is 11.5 Å². The van der Waals surface area contributed by atoms with Crippen molar-refractivity contribution in [3.8, 4) is 0 Å². The first kappa shape index (κ1) is 20.2. The quantitative estimate of drug-likeness (QED) is 0.334. The zero-order valence-electron chi connectivity index (χ0n) is 13.9. The van der Waals surface area contributed by atoms with E-state index in [9.17, 15) is 9.59 Å². The van der Waals surface area contributed by atoms with Crippen LogP contribution >= 0.6 is 0 Å². The molecule has 0 aliphatic carbocycles. The Balaban J connectivity index is 5.17. The molecule has 0 fully saturated rings. The normalized spacial score (nSPS) is 16.0. The number of carbonyl (C=O) groups is 2. The number of esters is 2. The van der Waals surface area contributed by atoms with Gasteiger partial charge in [-0.1, -0.05) is 5.11 Å². The summed E-state index contributed by atoms with van der Waals surface area (Å²) in [6.07, 6.45) is 0. The van der Waals surface area contributed by atoms with Crippen LogP contribution in [0, 0.1) is 0 Å². The molecule has 0 amide bonds. The van der Waals surface area contributed by atoms with Gasteiger partial charge < -0.3 is 20.9 Å². The molecule has 0 aliphatic heterocycles. The molecule has 0 aromatic rings. The van der Waals surface area contributed by atoms with Crippen LogP contribution in [0.2, 0.25) is 0 Å². The van der Waals surface area contributed by atoms with Crippen LogP contribution in [-0.4, -0.2) is 41.3 Å². The molecule has 9 heteroatoms. The molecule has 0 aliphatic rings. The van der Waals surface area contributed by atoms with Gasteiger partial charge >= 0.3 is 11.9 Å². The third kappa shape index (κ3) is 7.26. The number of hydrogen-bond acceptors (Lipinski definition) is 7. The maximum atomic E-state index is 11.9. The van der Waals surface area contributed by atoms with Gasteiger partial charge in [0, 0.05) is 4.91 Å². The summed E-state index contributed by atoms with van der Waals surface area (Å²) >= 11 is 0. The van der Waals surface area contributed by atoms with Crippen molar-refractivity contribution in [3.63, 3.8) is 0 Å². The number of ether oxygens (including phenoxy) is 2. The number of nitrogens with zero attached hydrogens (tertiary/aromatic N) is 3. The van der Waals surface area contributed by atoms with Gasteiger partial charge in [0.25, 0.3) is 0 Å². The summed E-state index contributed by atoms with van der Waals surface area (Å²) in [5.74, 6) is -1.63. The lowest BCUT2D eigenvalue weighted by atomic mass is 10.0. The predicted molar refractivity (Wildman–Crippen MR) is 80.6 cm³/mol. The third-order valence-electron chi connectivity index (χ3n) is 2.28. The van der Waals surface area contributed by atoms with Crippen molar-refractivity contribution in [2.75, 3.05) is 0 Å². The maximum absolute atomic E-state index is 11.9. The number of rotatable bonds is 5. The number of nitrogens with two attached hydrogens (primary N) is 2. The minimum absolute atomic E-state index is 0.772. The first-order valence-corrected chi connectivity index (χ1v) is 6.79. The SMILES string of the molecule is CC(C)(C)OC(=O)C(N)C(N=[N+]=[N-])C(N)C(=O)OC(C)(C)C. The van der Waals surface area contributed by atoms with Crippen molar-refractivity contribution in [3.05, 3.63) is 10.4 Å². The lowest BCUT2D eigenvalue weighted by Crippen LogP contribution is -2.55. The highest BCUT2D eigenvalue weighted by Crippen LogP contribution is 2.14. The van der Waals surface area contributed by atoms with Crippen molar-refractivity contribution >= 4 is 11.9 Å². The average Bonchev–Trinajstić information content (AvgIpc) is 2.30. The maximum Gasteiger partial charge on any atom is 0.323 e. The van der Waals surface area contributed by atoms with Crippen LogP contribution in [0.4, 0.5) is 0 Å². The van der Waals surface area contributed by atoms with Gasteiger partial charge in [-0.3, -0.25) is 9.59 Å². The lowest BCUT2D eigenvalue weighted by Gasteiger charge is -2.28. The first-order valence-electron chi connectivity index (χ1n) is 6.79. The van der Waals surface area contributed by atoms with Gasteiger partial charge in [-0.15, -0.1) is 0 Å². The molecule has 0 rings (SSSR count). The first-order chi connectivity index (χ1) is 9.78. The second-order valence-corrected chi connectivity index (χ2v) is 6.81. The Bertz CT molecular complexity index is 426. The van der Waals surface area contributed by atoms with Gasteiger partial charge in [-0.05, 0) is 47.1 Å². The van der Waals surface area contributed by atoms with E-state index in [0.717, 1.165) is 0 Å². The molecule has 9 nitrogen and oxygen atoms in total. The van der Waals surface area contributed by atoms with Gasteiger partial charge in [-0.25, -0.2) is 0 Å². The van der Waals surface area contributed by atoms with E-state index in [0.29, 0.717) is 0 Å². The molecule has 0 radical (unpaired) electrons. The minimum atomic E-state index is -1.38. The summed E-state index contributed by atoms with van der Waals surface area (Å²) in [5, 5.41) is 3.36. The van der Waals surface area contributed by atoms with E-state index in [-0.39, 0.29) is 0 Å². The highest BCUT2D eigenvalue weighted by Gasteiger charge is 2.37. The topological polar surface area (TPSA) is 153 Å². The van der Waals surface area contributed by atoms with E-state index >= 15 is 0 Å². The molecule has 0 spiro atoms. The Morgan fingerprint density at radius 1 is 0.955 bits per heavy atom. The van der Waals surface area contributed by atoms with Gasteiger partial charge in [0.05, 0.1) is 6.04 Å². The van der Waals surface area contributed by atoms with Gasteiger partial charge in [0.15, 0.2) is 0 Å². The molecule has 2 atom stereocenters. The highest BCUT2D eigenvalue weighted by molar-refractivity contribution is 5.82. The number of hydrogen-bond donors (Lipinski definition) is 2. The molecule has 4 N–H and O–H groups in total. The Labute approximate surface area is 129 Å². The van der Waals surface area contributed by atoms with Crippen molar-refractivity contribution < 1.29 is 19.1 Å². The summed E-state index contributed by atoms with van der Waals surface area (Å²) in [6.45, 7) is 9.96. The Morgan fingerprint density at radius 2 is 1.27 bits per heavy atom. The lowest BCUT2D eigenvalue weighted by molar-refractivity contribution is -0.159. The van der Waals surface area contributed by atoms with E-state index in [2.05, 4.69) is 10.0 Å². The predicted octanol–water partition coefficient (Wildman–Crippen LogP) is 1.00. The fraction of sp³-hybridized carbons (Fsp3) is 0.846. The van der Waals surface area contributed by atoms with E-state index < -0.39 is 41.3 Å². The van der Waals surface area contributed by atoms with Crippen LogP contribution in [-0.2, 0) is 19.1 Å². The van der Waals surface area contributed by atoms with Crippen molar-refractivity contribution in [1.29, 1.82) is 0 Å². The monoisotopic (exact) mass is 315 g/mol. The zero-order valence-corrected chi connectivity index (χ0v) is 13.9.